The van der Waals surface area contributed by atoms with E-state index in [0.29, 0.717) is 22.0 Å². The van der Waals surface area contributed by atoms with E-state index in [1.807, 2.05) is 0 Å². The van der Waals surface area contributed by atoms with Crippen LogP contribution in [-0.4, -0.2) is 10.2 Å². The summed E-state index contributed by atoms with van der Waals surface area (Å²) in [6.07, 6.45) is -4.36. The van der Waals surface area contributed by atoms with E-state index in [4.69, 9.17) is 23.2 Å². The minimum atomic E-state index is -4.36. The fourth-order valence-corrected chi connectivity index (χ4v) is 2.66. The van der Waals surface area contributed by atoms with Gasteiger partial charge in [0.25, 0.3) is 0 Å². The predicted octanol–water partition coefficient (Wildman–Crippen LogP) is 5.57. The minimum absolute atomic E-state index is 0.206. The summed E-state index contributed by atoms with van der Waals surface area (Å²) in [4.78, 5) is 0. The molecule has 0 aliphatic rings. The van der Waals surface area contributed by atoms with Gasteiger partial charge in [-0.25, -0.2) is 0 Å². The van der Waals surface area contributed by atoms with Crippen LogP contribution in [0.5, 0.6) is 0 Å². The molecule has 0 radical (unpaired) electrons. The molecule has 124 valence electrons. The van der Waals surface area contributed by atoms with Crippen LogP contribution in [0.3, 0.4) is 0 Å². The third kappa shape index (κ3) is 3.55. The molecule has 0 unspecified atom stereocenters. The lowest BCUT2D eigenvalue weighted by molar-refractivity contribution is -0.137. The third-order valence-corrected chi connectivity index (χ3v) is 4.00. The Morgan fingerprint density at radius 2 is 1.62 bits per heavy atom. The van der Waals surface area contributed by atoms with Gasteiger partial charge in [-0.2, -0.15) is 13.2 Å². The maximum Gasteiger partial charge on any atom is 0.416 e. The first-order valence-corrected chi connectivity index (χ1v) is 7.61. The van der Waals surface area contributed by atoms with Crippen molar-refractivity contribution < 1.29 is 13.2 Å². The molecule has 0 bridgehead atoms. The fraction of sp³-hybridized carbons (Fsp3) is 0.125. The van der Waals surface area contributed by atoms with E-state index < -0.39 is 11.7 Å². The number of nitrogens with zero attached hydrogens (tertiary/aromatic N) is 2. The van der Waals surface area contributed by atoms with Crippen LogP contribution in [0.4, 0.5) is 18.9 Å². The molecule has 0 saturated heterocycles. The topological polar surface area (TPSA) is 37.8 Å². The van der Waals surface area contributed by atoms with Gasteiger partial charge in [-0.05, 0) is 35.9 Å². The van der Waals surface area contributed by atoms with Gasteiger partial charge in [0.2, 0.25) is 0 Å². The monoisotopic (exact) mass is 371 g/mol. The summed E-state index contributed by atoms with van der Waals surface area (Å²) in [6, 6.07) is 10.4. The van der Waals surface area contributed by atoms with Gasteiger partial charge in [0, 0.05) is 23.0 Å². The molecule has 0 aliphatic heterocycles. The van der Waals surface area contributed by atoms with Crippen molar-refractivity contribution in [1.29, 1.82) is 0 Å². The summed E-state index contributed by atoms with van der Waals surface area (Å²) in [5.74, 6) is 0. The van der Waals surface area contributed by atoms with Gasteiger partial charge in [0.15, 0.2) is 10.3 Å². The number of nitrogens with one attached hydrogen (secondary N) is 1. The largest absolute Gasteiger partial charge is 0.416 e. The first kappa shape index (κ1) is 16.8. The highest BCUT2D eigenvalue weighted by molar-refractivity contribution is 6.38. The Balaban J connectivity index is 1.83. The molecule has 2 aromatic carbocycles. The zero-order valence-electron chi connectivity index (χ0n) is 12.0. The number of alkyl halides is 3. The van der Waals surface area contributed by atoms with E-state index in [1.54, 1.807) is 24.3 Å². The summed E-state index contributed by atoms with van der Waals surface area (Å²) >= 11 is 12.0. The average molecular weight is 372 g/mol. The number of anilines is 1. The summed E-state index contributed by atoms with van der Waals surface area (Å²) in [5, 5.41) is 12.2. The van der Waals surface area contributed by atoms with Crippen molar-refractivity contribution in [2.75, 3.05) is 5.32 Å². The number of fused-ring (bicyclic) bond motifs is 1. The molecule has 8 heteroatoms. The molecule has 1 N–H and O–H groups in total. The van der Waals surface area contributed by atoms with Crippen LogP contribution in [0.1, 0.15) is 11.1 Å². The highest BCUT2D eigenvalue weighted by atomic mass is 35.5. The van der Waals surface area contributed by atoms with Crippen molar-refractivity contribution in [2.24, 2.45) is 0 Å². The maximum absolute atomic E-state index is 12.7. The van der Waals surface area contributed by atoms with Gasteiger partial charge >= 0.3 is 6.18 Å². The first-order valence-electron chi connectivity index (χ1n) is 6.86. The van der Waals surface area contributed by atoms with E-state index in [-0.39, 0.29) is 16.9 Å². The van der Waals surface area contributed by atoms with E-state index in [9.17, 15) is 13.2 Å². The van der Waals surface area contributed by atoms with Gasteiger partial charge in [0.1, 0.15) is 0 Å². The number of halogens is 5. The molecule has 1 aromatic heterocycles. The van der Waals surface area contributed by atoms with Gasteiger partial charge in [-0.3, -0.25) is 0 Å². The summed E-state index contributed by atoms with van der Waals surface area (Å²) in [5.41, 5.74) is 0.526. The predicted molar refractivity (Wildman–Crippen MR) is 88.3 cm³/mol. The second kappa shape index (κ2) is 6.45. The van der Waals surface area contributed by atoms with Crippen LogP contribution in [0.2, 0.25) is 10.3 Å². The van der Waals surface area contributed by atoms with E-state index >= 15 is 0 Å². The number of benzene rings is 2. The lowest BCUT2D eigenvalue weighted by Crippen LogP contribution is -2.06. The van der Waals surface area contributed by atoms with Crippen LogP contribution in [0, 0.1) is 0 Å². The van der Waals surface area contributed by atoms with Crippen LogP contribution in [0.15, 0.2) is 42.5 Å². The Hall–Kier alpha value is -2.05. The minimum Gasteiger partial charge on any atom is -0.381 e. The van der Waals surface area contributed by atoms with Crippen molar-refractivity contribution in [2.45, 2.75) is 12.7 Å². The SMILES string of the molecule is FC(F)(F)c1cccc(CNc2ccc3c(Cl)nnc(Cl)c3c2)c1. The summed E-state index contributed by atoms with van der Waals surface area (Å²) in [7, 11) is 0. The van der Waals surface area contributed by atoms with Gasteiger partial charge in [-0.15, -0.1) is 10.2 Å². The average Bonchev–Trinajstić information content (AvgIpc) is 2.56. The number of hydrogen-bond donors (Lipinski definition) is 1. The molecule has 3 nitrogen and oxygen atoms in total. The molecule has 1 heterocycles. The highest BCUT2D eigenvalue weighted by Crippen LogP contribution is 2.30. The lowest BCUT2D eigenvalue weighted by Gasteiger charge is -2.11. The molecule has 0 fully saturated rings. The van der Waals surface area contributed by atoms with E-state index in [2.05, 4.69) is 15.5 Å². The number of aromatic nitrogens is 2. The molecular weight excluding hydrogens is 362 g/mol. The second-order valence-corrected chi connectivity index (χ2v) is 5.81. The van der Waals surface area contributed by atoms with Gasteiger partial charge in [-0.1, -0.05) is 35.3 Å². The molecule has 0 atom stereocenters. The molecular formula is C16H10Cl2F3N3. The van der Waals surface area contributed by atoms with Crippen LogP contribution in [0.25, 0.3) is 10.8 Å². The smallest absolute Gasteiger partial charge is 0.381 e. The van der Waals surface area contributed by atoms with Crippen LogP contribution in [-0.2, 0) is 12.7 Å². The maximum atomic E-state index is 12.7. The van der Waals surface area contributed by atoms with Crippen molar-refractivity contribution in [3.63, 3.8) is 0 Å². The zero-order valence-corrected chi connectivity index (χ0v) is 13.5. The van der Waals surface area contributed by atoms with Crippen molar-refractivity contribution in [1.82, 2.24) is 10.2 Å². The Morgan fingerprint density at radius 1 is 0.917 bits per heavy atom. The standard InChI is InChI=1S/C16H10Cl2F3N3/c17-14-12-5-4-11(7-13(12)15(18)24-23-14)22-8-9-2-1-3-10(6-9)16(19,20)21/h1-7,22H,8H2. The Kier molecular flexibility index (Phi) is 4.51. The molecule has 3 aromatic rings. The van der Waals surface area contributed by atoms with Gasteiger partial charge < -0.3 is 5.32 Å². The normalized spacial score (nSPS) is 11.7. The lowest BCUT2D eigenvalue weighted by atomic mass is 10.1. The molecule has 0 amide bonds. The summed E-state index contributed by atoms with van der Waals surface area (Å²) < 4.78 is 38.2. The third-order valence-electron chi connectivity index (χ3n) is 3.44. The van der Waals surface area contributed by atoms with Crippen molar-refractivity contribution >= 4 is 39.7 Å². The van der Waals surface area contributed by atoms with Crippen LogP contribution < -0.4 is 5.32 Å². The summed E-state index contributed by atoms with van der Waals surface area (Å²) in [6.45, 7) is 0.235. The molecule has 24 heavy (non-hydrogen) atoms. The van der Waals surface area contributed by atoms with Crippen LogP contribution >= 0.6 is 23.2 Å². The first-order chi connectivity index (χ1) is 11.3. The number of hydrogen-bond acceptors (Lipinski definition) is 3. The number of rotatable bonds is 3. The van der Waals surface area contributed by atoms with E-state index in [0.717, 1.165) is 12.1 Å². The molecule has 3 rings (SSSR count). The second-order valence-electron chi connectivity index (χ2n) is 5.09. The Bertz CT molecular complexity index is 897. The molecule has 0 aliphatic carbocycles. The Labute approximate surface area is 145 Å². The fourth-order valence-electron chi connectivity index (χ4n) is 2.26. The quantitative estimate of drug-likeness (QED) is 0.654. The van der Waals surface area contributed by atoms with Crippen molar-refractivity contribution in [3.8, 4) is 0 Å². The Morgan fingerprint density at radius 3 is 2.33 bits per heavy atom. The van der Waals surface area contributed by atoms with Gasteiger partial charge in [0.05, 0.1) is 5.56 Å². The zero-order chi connectivity index (χ0) is 17.3. The highest BCUT2D eigenvalue weighted by Gasteiger charge is 2.30. The molecule has 0 spiro atoms. The van der Waals surface area contributed by atoms with Crippen molar-refractivity contribution in [3.05, 3.63) is 63.9 Å². The molecule has 0 saturated carbocycles. The van der Waals surface area contributed by atoms with E-state index in [1.165, 1.54) is 6.07 Å².